The van der Waals surface area contributed by atoms with E-state index in [1.54, 1.807) is 24.3 Å². The topological polar surface area (TPSA) is 80.4 Å². The third kappa shape index (κ3) is 3.90. The van der Waals surface area contributed by atoms with Crippen molar-refractivity contribution in [1.29, 1.82) is 0 Å². The number of carbonyl (C=O) groups excluding carboxylic acids is 1. The maximum absolute atomic E-state index is 10.8. The van der Waals surface area contributed by atoms with Gasteiger partial charge in [-0.25, -0.2) is 0 Å². The lowest BCUT2D eigenvalue weighted by molar-refractivity contribution is -0.137. The number of hydrogen-bond donors (Lipinski definition) is 2. The van der Waals surface area contributed by atoms with Crippen LogP contribution in [0.1, 0.15) is 24.3 Å². The van der Waals surface area contributed by atoms with Gasteiger partial charge in [0.15, 0.2) is 0 Å². The summed E-state index contributed by atoms with van der Waals surface area (Å²) in [5.74, 6) is -1.87. The predicted molar refractivity (Wildman–Crippen MR) is 60.3 cm³/mol. The van der Waals surface area contributed by atoms with E-state index < -0.39 is 17.8 Å². The van der Waals surface area contributed by atoms with Gasteiger partial charge in [-0.1, -0.05) is 23.7 Å². The molecule has 1 atom stereocenters. The Hall–Kier alpha value is -1.55. The Labute approximate surface area is 98.0 Å². The monoisotopic (exact) mass is 241 g/mol. The van der Waals surface area contributed by atoms with E-state index in [1.807, 2.05) is 0 Å². The molecule has 0 aliphatic carbocycles. The van der Waals surface area contributed by atoms with Gasteiger partial charge < -0.3 is 10.8 Å². The first-order valence-electron chi connectivity index (χ1n) is 4.74. The van der Waals surface area contributed by atoms with Crippen LogP contribution in [0.15, 0.2) is 24.3 Å². The van der Waals surface area contributed by atoms with Crippen LogP contribution in [0.4, 0.5) is 0 Å². The van der Waals surface area contributed by atoms with Crippen LogP contribution in [0, 0.1) is 0 Å². The molecule has 0 fully saturated rings. The summed E-state index contributed by atoms with van der Waals surface area (Å²) in [7, 11) is 0. The van der Waals surface area contributed by atoms with Crippen molar-refractivity contribution in [2.45, 2.75) is 18.8 Å². The molecule has 0 saturated carbocycles. The van der Waals surface area contributed by atoms with Gasteiger partial charge in [-0.2, -0.15) is 0 Å². The molecule has 0 radical (unpaired) electrons. The van der Waals surface area contributed by atoms with Crippen LogP contribution >= 0.6 is 11.6 Å². The number of nitrogens with two attached hydrogens (primary N) is 1. The van der Waals surface area contributed by atoms with E-state index in [4.69, 9.17) is 22.4 Å². The third-order valence-electron chi connectivity index (χ3n) is 2.21. The molecular formula is C11H12ClNO3. The van der Waals surface area contributed by atoms with Gasteiger partial charge in [0.25, 0.3) is 0 Å². The zero-order chi connectivity index (χ0) is 12.1. The van der Waals surface area contributed by atoms with Crippen molar-refractivity contribution in [3.63, 3.8) is 0 Å². The summed E-state index contributed by atoms with van der Waals surface area (Å²) in [5.41, 5.74) is 5.83. The summed E-state index contributed by atoms with van der Waals surface area (Å²) < 4.78 is 0. The molecule has 4 nitrogen and oxygen atoms in total. The van der Waals surface area contributed by atoms with Crippen LogP contribution < -0.4 is 5.73 Å². The minimum Gasteiger partial charge on any atom is -0.481 e. The molecule has 5 heteroatoms. The lowest BCUT2D eigenvalue weighted by atomic mass is 9.92. The summed E-state index contributed by atoms with van der Waals surface area (Å²) in [6.45, 7) is 0. The summed E-state index contributed by atoms with van der Waals surface area (Å²) in [6.07, 6.45) is -0.0987. The van der Waals surface area contributed by atoms with Crippen molar-refractivity contribution in [2.24, 2.45) is 5.73 Å². The Balaban J connectivity index is 2.86. The van der Waals surface area contributed by atoms with Crippen LogP contribution in [0.3, 0.4) is 0 Å². The SMILES string of the molecule is NC(=O)CC(CC(=O)O)c1ccc(Cl)cc1. The molecule has 0 aliphatic heterocycles. The Kier molecular flexibility index (Phi) is 4.31. The fourth-order valence-electron chi connectivity index (χ4n) is 1.50. The second-order valence-electron chi connectivity index (χ2n) is 3.52. The molecule has 1 aromatic carbocycles. The number of aliphatic carboxylic acids is 1. The first-order valence-corrected chi connectivity index (χ1v) is 5.12. The molecule has 16 heavy (non-hydrogen) atoms. The van der Waals surface area contributed by atoms with E-state index in [9.17, 15) is 9.59 Å². The van der Waals surface area contributed by atoms with Crippen molar-refractivity contribution in [3.8, 4) is 0 Å². The minimum absolute atomic E-state index is 0.0218. The fourth-order valence-corrected chi connectivity index (χ4v) is 1.62. The zero-order valence-corrected chi connectivity index (χ0v) is 9.28. The van der Waals surface area contributed by atoms with Crippen LogP contribution in [-0.4, -0.2) is 17.0 Å². The van der Waals surface area contributed by atoms with Crippen molar-refractivity contribution in [3.05, 3.63) is 34.9 Å². The van der Waals surface area contributed by atoms with Gasteiger partial charge >= 0.3 is 5.97 Å². The third-order valence-corrected chi connectivity index (χ3v) is 2.46. The van der Waals surface area contributed by atoms with E-state index in [1.165, 1.54) is 0 Å². The van der Waals surface area contributed by atoms with Crippen LogP contribution in [0.25, 0.3) is 0 Å². The lowest BCUT2D eigenvalue weighted by Crippen LogP contribution is -2.17. The molecule has 0 bridgehead atoms. The molecule has 1 unspecified atom stereocenters. The highest BCUT2D eigenvalue weighted by molar-refractivity contribution is 6.30. The molecule has 0 aliphatic rings. The maximum atomic E-state index is 10.8. The van der Waals surface area contributed by atoms with Gasteiger partial charge in [-0.3, -0.25) is 9.59 Å². The number of hydrogen-bond acceptors (Lipinski definition) is 2. The number of halogens is 1. The average molecular weight is 242 g/mol. The highest BCUT2D eigenvalue weighted by atomic mass is 35.5. The Morgan fingerprint density at radius 2 is 1.81 bits per heavy atom. The van der Waals surface area contributed by atoms with E-state index in [0.29, 0.717) is 5.02 Å². The average Bonchev–Trinajstić information content (AvgIpc) is 2.16. The molecule has 0 heterocycles. The van der Waals surface area contributed by atoms with Gasteiger partial charge in [-0.05, 0) is 17.7 Å². The van der Waals surface area contributed by atoms with E-state index in [0.717, 1.165) is 5.56 Å². The van der Waals surface area contributed by atoms with E-state index >= 15 is 0 Å². The largest absolute Gasteiger partial charge is 0.481 e. The first kappa shape index (κ1) is 12.5. The van der Waals surface area contributed by atoms with Gasteiger partial charge in [-0.15, -0.1) is 0 Å². The number of carbonyl (C=O) groups is 2. The smallest absolute Gasteiger partial charge is 0.303 e. The molecule has 3 N–H and O–H groups in total. The molecule has 1 amide bonds. The Morgan fingerprint density at radius 1 is 1.25 bits per heavy atom. The highest BCUT2D eigenvalue weighted by Crippen LogP contribution is 2.24. The van der Waals surface area contributed by atoms with Crippen molar-refractivity contribution >= 4 is 23.5 Å². The van der Waals surface area contributed by atoms with E-state index in [-0.39, 0.29) is 12.8 Å². The number of benzene rings is 1. The quantitative estimate of drug-likeness (QED) is 0.825. The predicted octanol–water partition coefficient (Wildman–Crippen LogP) is 1.77. The summed E-state index contributed by atoms with van der Waals surface area (Å²) >= 11 is 5.72. The number of primary amides is 1. The molecule has 86 valence electrons. The summed E-state index contributed by atoms with van der Waals surface area (Å²) in [6, 6.07) is 6.73. The number of carboxylic acids is 1. The van der Waals surface area contributed by atoms with Gasteiger partial charge in [0.05, 0.1) is 6.42 Å². The van der Waals surface area contributed by atoms with Crippen LogP contribution in [0.5, 0.6) is 0 Å². The Morgan fingerprint density at radius 3 is 2.25 bits per heavy atom. The zero-order valence-electron chi connectivity index (χ0n) is 8.52. The highest BCUT2D eigenvalue weighted by Gasteiger charge is 2.17. The lowest BCUT2D eigenvalue weighted by Gasteiger charge is -2.13. The van der Waals surface area contributed by atoms with Crippen LogP contribution in [-0.2, 0) is 9.59 Å². The fraction of sp³-hybridized carbons (Fsp3) is 0.273. The van der Waals surface area contributed by atoms with Crippen molar-refractivity contribution < 1.29 is 14.7 Å². The number of rotatable bonds is 5. The molecule has 1 rings (SSSR count). The molecule has 0 spiro atoms. The Bertz CT molecular complexity index is 373. The second kappa shape index (κ2) is 5.51. The molecule has 0 saturated heterocycles. The molecule has 1 aromatic rings. The van der Waals surface area contributed by atoms with Crippen molar-refractivity contribution in [1.82, 2.24) is 0 Å². The van der Waals surface area contributed by atoms with Gasteiger partial charge in [0.1, 0.15) is 0 Å². The summed E-state index contributed by atoms with van der Waals surface area (Å²) in [4.78, 5) is 21.5. The maximum Gasteiger partial charge on any atom is 0.303 e. The van der Waals surface area contributed by atoms with Crippen molar-refractivity contribution in [2.75, 3.05) is 0 Å². The van der Waals surface area contributed by atoms with Gasteiger partial charge in [0, 0.05) is 17.4 Å². The number of amides is 1. The number of carboxylic acid groups (broad SMARTS) is 1. The van der Waals surface area contributed by atoms with E-state index in [2.05, 4.69) is 0 Å². The molecular weight excluding hydrogens is 230 g/mol. The molecule has 0 aromatic heterocycles. The van der Waals surface area contributed by atoms with Crippen LogP contribution in [0.2, 0.25) is 5.02 Å². The van der Waals surface area contributed by atoms with Gasteiger partial charge in [0.2, 0.25) is 5.91 Å². The normalized spacial score (nSPS) is 12.1. The second-order valence-corrected chi connectivity index (χ2v) is 3.95. The summed E-state index contributed by atoms with van der Waals surface area (Å²) in [5, 5.41) is 9.30. The first-order chi connectivity index (χ1) is 7.49. The standard InChI is InChI=1S/C11H12ClNO3/c12-9-3-1-7(2-4-9)8(5-10(13)14)6-11(15)16/h1-4,8H,5-6H2,(H2,13,14)(H,15,16). The minimum atomic E-state index is -0.957.